The van der Waals surface area contributed by atoms with Gasteiger partial charge in [0.15, 0.2) is 5.78 Å². The summed E-state index contributed by atoms with van der Waals surface area (Å²) in [7, 11) is 0. The monoisotopic (exact) mass is 275 g/mol. The lowest BCUT2D eigenvalue weighted by atomic mass is 9.91. The van der Waals surface area contributed by atoms with Gasteiger partial charge in [-0.05, 0) is 49.9 Å². The van der Waals surface area contributed by atoms with Crippen LogP contribution in [0.25, 0.3) is 0 Å². The maximum atomic E-state index is 12.4. The maximum absolute atomic E-state index is 12.4. The molecule has 0 atom stereocenters. The van der Waals surface area contributed by atoms with Gasteiger partial charge in [0.2, 0.25) is 5.91 Å². The molecule has 1 N–H and O–H groups in total. The molecule has 0 saturated carbocycles. The fourth-order valence-corrected chi connectivity index (χ4v) is 2.15. The summed E-state index contributed by atoms with van der Waals surface area (Å²) < 4.78 is 0. The SMILES string of the molecule is Cc1cc(C)c(C)c(C(=O)CNC(=O)C(C)(C)C)c1C. The number of hydrogen-bond donors (Lipinski definition) is 1. The highest BCUT2D eigenvalue weighted by molar-refractivity contribution is 6.02. The molecule has 1 aromatic carbocycles. The third-order valence-corrected chi connectivity index (χ3v) is 3.74. The standard InChI is InChI=1S/C17H25NO2/c1-10-8-11(2)13(4)15(12(10)3)14(19)9-18-16(20)17(5,6)7/h8H,9H2,1-7H3,(H,18,20). The zero-order valence-corrected chi connectivity index (χ0v) is 13.6. The van der Waals surface area contributed by atoms with Crippen LogP contribution < -0.4 is 5.32 Å². The Morgan fingerprint density at radius 1 is 1.00 bits per heavy atom. The molecule has 0 bridgehead atoms. The predicted octanol–water partition coefficient (Wildman–Crippen LogP) is 3.27. The van der Waals surface area contributed by atoms with Gasteiger partial charge in [-0.2, -0.15) is 0 Å². The van der Waals surface area contributed by atoms with Crippen molar-refractivity contribution in [3.8, 4) is 0 Å². The normalized spacial score (nSPS) is 11.3. The van der Waals surface area contributed by atoms with Crippen LogP contribution in [0.4, 0.5) is 0 Å². The van der Waals surface area contributed by atoms with Crippen molar-refractivity contribution in [1.29, 1.82) is 0 Å². The molecule has 20 heavy (non-hydrogen) atoms. The Labute approximate surface area is 121 Å². The first-order valence-electron chi connectivity index (χ1n) is 6.94. The van der Waals surface area contributed by atoms with E-state index in [1.54, 1.807) is 0 Å². The lowest BCUT2D eigenvalue weighted by molar-refractivity contribution is -0.128. The Bertz CT molecular complexity index is 525. The highest BCUT2D eigenvalue weighted by Gasteiger charge is 2.22. The third kappa shape index (κ3) is 3.47. The lowest BCUT2D eigenvalue weighted by Gasteiger charge is -2.18. The largest absolute Gasteiger partial charge is 0.348 e. The van der Waals surface area contributed by atoms with Crippen molar-refractivity contribution >= 4 is 11.7 Å². The molecule has 0 fully saturated rings. The minimum Gasteiger partial charge on any atom is -0.348 e. The molecule has 0 saturated heterocycles. The molecule has 110 valence electrons. The molecule has 0 aliphatic carbocycles. The minimum absolute atomic E-state index is 0.0237. The van der Waals surface area contributed by atoms with E-state index in [9.17, 15) is 9.59 Å². The van der Waals surface area contributed by atoms with Crippen LogP contribution in [0.2, 0.25) is 0 Å². The third-order valence-electron chi connectivity index (χ3n) is 3.74. The predicted molar refractivity (Wildman–Crippen MR) is 82.2 cm³/mol. The molecule has 1 rings (SSSR count). The Kier molecular flexibility index (Phi) is 4.74. The van der Waals surface area contributed by atoms with Crippen LogP contribution in [-0.2, 0) is 4.79 Å². The fourth-order valence-electron chi connectivity index (χ4n) is 2.15. The average molecular weight is 275 g/mol. The minimum atomic E-state index is -0.479. The number of carbonyl (C=O) groups excluding carboxylic acids is 2. The lowest BCUT2D eigenvalue weighted by Crippen LogP contribution is -2.38. The molecule has 0 aromatic heterocycles. The van der Waals surface area contributed by atoms with E-state index in [-0.39, 0.29) is 18.2 Å². The Balaban J connectivity index is 2.97. The molecule has 3 heteroatoms. The number of nitrogens with one attached hydrogen (secondary N) is 1. The second-order valence-electron chi connectivity index (χ2n) is 6.49. The van der Waals surface area contributed by atoms with Crippen LogP contribution in [0, 0.1) is 33.1 Å². The summed E-state index contributed by atoms with van der Waals surface area (Å²) in [6.07, 6.45) is 0. The molecule has 0 spiro atoms. The topological polar surface area (TPSA) is 46.2 Å². The van der Waals surface area contributed by atoms with Crippen molar-refractivity contribution in [3.05, 3.63) is 33.9 Å². The summed E-state index contributed by atoms with van der Waals surface area (Å²) in [5.74, 6) is -0.130. The molecule has 0 aliphatic rings. The molecule has 0 aliphatic heterocycles. The van der Waals surface area contributed by atoms with Gasteiger partial charge in [0, 0.05) is 11.0 Å². The second-order valence-corrected chi connectivity index (χ2v) is 6.49. The number of hydrogen-bond acceptors (Lipinski definition) is 2. The van der Waals surface area contributed by atoms with Crippen LogP contribution in [0.15, 0.2) is 6.07 Å². The van der Waals surface area contributed by atoms with Crippen molar-refractivity contribution < 1.29 is 9.59 Å². The average Bonchev–Trinajstić information content (AvgIpc) is 2.32. The molecule has 0 heterocycles. The highest BCUT2D eigenvalue weighted by Crippen LogP contribution is 2.22. The van der Waals surface area contributed by atoms with E-state index >= 15 is 0 Å². The van der Waals surface area contributed by atoms with Crippen LogP contribution in [-0.4, -0.2) is 18.2 Å². The van der Waals surface area contributed by atoms with Gasteiger partial charge in [0.05, 0.1) is 6.54 Å². The van der Waals surface area contributed by atoms with Crippen molar-refractivity contribution in [2.45, 2.75) is 48.5 Å². The number of aryl methyl sites for hydroxylation is 2. The van der Waals surface area contributed by atoms with Gasteiger partial charge in [-0.1, -0.05) is 26.8 Å². The van der Waals surface area contributed by atoms with E-state index in [1.165, 1.54) is 0 Å². The number of amides is 1. The molecule has 3 nitrogen and oxygen atoms in total. The summed E-state index contributed by atoms with van der Waals surface area (Å²) >= 11 is 0. The van der Waals surface area contributed by atoms with E-state index in [4.69, 9.17) is 0 Å². The van der Waals surface area contributed by atoms with Crippen LogP contribution in [0.5, 0.6) is 0 Å². The number of Topliss-reactive ketones (excluding diaryl/α,β-unsaturated/α-hetero) is 1. The molecule has 1 aromatic rings. The summed E-state index contributed by atoms with van der Waals surface area (Å²) in [5, 5.41) is 2.73. The Hall–Kier alpha value is -1.64. The summed E-state index contributed by atoms with van der Waals surface area (Å²) in [4.78, 5) is 24.2. The molecular weight excluding hydrogens is 250 g/mol. The zero-order chi connectivity index (χ0) is 15.7. The number of ketones is 1. The smallest absolute Gasteiger partial charge is 0.225 e. The molecular formula is C17H25NO2. The van der Waals surface area contributed by atoms with Gasteiger partial charge >= 0.3 is 0 Å². The summed E-state index contributed by atoms with van der Waals surface area (Å²) in [5.41, 5.74) is 4.49. The van der Waals surface area contributed by atoms with Crippen LogP contribution in [0.1, 0.15) is 53.4 Å². The number of rotatable bonds is 3. The van der Waals surface area contributed by atoms with Gasteiger partial charge in [-0.3, -0.25) is 9.59 Å². The van der Waals surface area contributed by atoms with Gasteiger partial charge in [0.25, 0.3) is 0 Å². The van der Waals surface area contributed by atoms with E-state index < -0.39 is 5.41 Å². The first-order chi connectivity index (χ1) is 9.05. The molecule has 0 radical (unpaired) electrons. The van der Waals surface area contributed by atoms with Gasteiger partial charge in [0.1, 0.15) is 0 Å². The van der Waals surface area contributed by atoms with Crippen LogP contribution >= 0.6 is 0 Å². The van der Waals surface area contributed by atoms with Gasteiger partial charge < -0.3 is 5.32 Å². The summed E-state index contributed by atoms with van der Waals surface area (Å²) in [6.45, 7) is 13.5. The van der Waals surface area contributed by atoms with Crippen molar-refractivity contribution in [2.24, 2.45) is 5.41 Å². The van der Waals surface area contributed by atoms with E-state index in [1.807, 2.05) is 48.5 Å². The van der Waals surface area contributed by atoms with Gasteiger partial charge in [-0.15, -0.1) is 0 Å². The van der Waals surface area contributed by atoms with E-state index in [2.05, 4.69) is 11.4 Å². The van der Waals surface area contributed by atoms with Crippen molar-refractivity contribution in [2.75, 3.05) is 6.54 Å². The number of benzene rings is 1. The molecule has 1 amide bonds. The maximum Gasteiger partial charge on any atom is 0.225 e. The summed E-state index contributed by atoms with van der Waals surface area (Å²) in [6, 6.07) is 2.09. The van der Waals surface area contributed by atoms with Crippen LogP contribution in [0.3, 0.4) is 0 Å². The Morgan fingerprint density at radius 3 is 1.85 bits per heavy atom. The van der Waals surface area contributed by atoms with Gasteiger partial charge in [-0.25, -0.2) is 0 Å². The van der Waals surface area contributed by atoms with E-state index in [0.29, 0.717) is 0 Å². The second kappa shape index (κ2) is 5.78. The first-order valence-corrected chi connectivity index (χ1v) is 6.94. The fraction of sp³-hybridized carbons (Fsp3) is 0.529. The molecule has 0 unspecified atom stereocenters. The van der Waals surface area contributed by atoms with E-state index in [0.717, 1.165) is 27.8 Å². The quantitative estimate of drug-likeness (QED) is 0.861. The first kappa shape index (κ1) is 16.4. The zero-order valence-electron chi connectivity index (χ0n) is 13.6. The highest BCUT2D eigenvalue weighted by atomic mass is 16.2. The Morgan fingerprint density at radius 2 is 1.45 bits per heavy atom. The van der Waals surface area contributed by atoms with Crippen molar-refractivity contribution in [3.63, 3.8) is 0 Å². The number of carbonyl (C=O) groups is 2. The van der Waals surface area contributed by atoms with Crippen molar-refractivity contribution in [1.82, 2.24) is 5.32 Å².